The average Bonchev–Trinajstić information content (AvgIpc) is 2.10. The summed E-state index contributed by atoms with van der Waals surface area (Å²) in [7, 11) is -5.22. The number of phosphoric ester groups is 1. The van der Waals surface area contributed by atoms with E-state index in [0.717, 1.165) is 6.92 Å². The third-order valence-corrected chi connectivity index (χ3v) is 2.19. The summed E-state index contributed by atoms with van der Waals surface area (Å²) >= 11 is 0. The lowest BCUT2D eigenvalue weighted by Gasteiger charge is -2.20. The minimum atomic E-state index is -5.22. The summed E-state index contributed by atoms with van der Waals surface area (Å²) in [6.45, 7) is 0.847. The predicted molar refractivity (Wildman–Crippen MR) is 56.7 cm³/mol. The van der Waals surface area contributed by atoms with Gasteiger partial charge in [0.05, 0.1) is 12.8 Å². The minimum absolute atomic E-state index is 0.847. The Kier molecular flexibility index (Phi) is 5.97. The topological polar surface area (TPSA) is 185 Å². The molecule has 0 rings (SSSR count). The lowest BCUT2D eigenvalue weighted by atomic mass is 9.96. The molecule has 1 unspecified atom stereocenters. The molecule has 12 heteroatoms. The number of esters is 2. The number of carboxylic acids is 1. The van der Waals surface area contributed by atoms with Gasteiger partial charge >= 0.3 is 31.7 Å². The van der Waals surface area contributed by atoms with Crippen LogP contribution in [0.1, 0.15) is 19.8 Å². The molecule has 0 fully saturated rings. The predicted octanol–water partition coefficient (Wildman–Crippen LogP) is -1.69. The number of hydrogen-bond acceptors (Lipinski definition) is 8. The molecule has 1 atom stereocenters. The van der Waals surface area contributed by atoms with Crippen LogP contribution in [0, 0.1) is 0 Å². The smallest absolute Gasteiger partial charge is 0.479 e. The van der Waals surface area contributed by atoms with Crippen molar-refractivity contribution in [3.05, 3.63) is 0 Å². The van der Waals surface area contributed by atoms with Crippen molar-refractivity contribution in [1.82, 2.24) is 0 Å². The molecule has 11 nitrogen and oxygen atoms in total. The molecule has 0 aliphatic carbocycles. The van der Waals surface area contributed by atoms with Gasteiger partial charge in [-0.25, -0.2) is 9.36 Å². The van der Waals surface area contributed by atoms with Crippen LogP contribution in [0.25, 0.3) is 0 Å². The number of carbonyl (C=O) groups is 4. The number of aliphatic carboxylic acids is 1. The fourth-order valence-electron chi connectivity index (χ4n) is 1.05. The first-order chi connectivity index (χ1) is 8.85. The fraction of sp³-hybridized carbons (Fsp3) is 0.500. The van der Waals surface area contributed by atoms with Gasteiger partial charge in [0, 0.05) is 6.92 Å². The van der Waals surface area contributed by atoms with E-state index in [0.29, 0.717) is 0 Å². The van der Waals surface area contributed by atoms with E-state index in [4.69, 9.17) is 14.9 Å². The first-order valence-corrected chi connectivity index (χ1v) is 6.34. The Morgan fingerprint density at radius 2 is 1.55 bits per heavy atom. The number of hydrogen-bond donors (Lipinski definition) is 4. The number of phosphoric acid groups is 1. The summed E-state index contributed by atoms with van der Waals surface area (Å²) < 4.78 is 17.9. The van der Waals surface area contributed by atoms with E-state index in [2.05, 4.69) is 9.26 Å². The largest absolute Gasteiger partial charge is 0.526 e. The summed E-state index contributed by atoms with van der Waals surface area (Å²) in [5, 5.41) is 18.3. The van der Waals surface area contributed by atoms with E-state index in [1.54, 1.807) is 0 Å². The number of rotatable bonds is 6. The van der Waals surface area contributed by atoms with Crippen LogP contribution in [-0.2, 0) is 33.0 Å². The second-order valence-corrected chi connectivity index (χ2v) is 4.77. The SMILES string of the molecule is CC(=O)OC(=O)CC(O)(CC(=O)OP(=O)(O)O)C(=O)O. The molecule has 0 radical (unpaired) electrons. The van der Waals surface area contributed by atoms with Crippen molar-refractivity contribution in [1.29, 1.82) is 0 Å². The van der Waals surface area contributed by atoms with Crippen LogP contribution in [0.2, 0.25) is 0 Å². The molecule has 0 saturated heterocycles. The number of carboxylic acid groups (broad SMARTS) is 1. The number of ether oxygens (including phenoxy) is 1. The quantitative estimate of drug-likeness (QED) is 0.249. The molecule has 0 bridgehead atoms. The minimum Gasteiger partial charge on any atom is -0.479 e. The van der Waals surface area contributed by atoms with Gasteiger partial charge in [-0.3, -0.25) is 24.2 Å². The van der Waals surface area contributed by atoms with Crippen LogP contribution < -0.4 is 0 Å². The lowest BCUT2D eigenvalue weighted by Crippen LogP contribution is -2.43. The van der Waals surface area contributed by atoms with Crippen molar-refractivity contribution < 1.29 is 53.0 Å². The van der Waals surface area contributed by atoms with Crippen molar-refractivity contribution in [2.45, 2.75) is 25.4 Å². The van der Waals surface area contributed by atoms with E-state index in [1.807, 2.05) is 0 Å². The summed E-state index contributed by atoms with van der Waals surface area (Å²) in [5.74, 6) is -6.30. The highest BCUT2D eigenvalue weighted by Crippen LogP contribution is 2.37. The zero-order chi connectivity index (χ0) is 16.1. The van der Waals surface area contributed by atoms with Crippen molar-refractivity contribution in [3.63, 3.8) is 0 Å². The molecule has 0 aromatic carbocycles. The van der Waals surface area contributed by atoms with Crippen LogP contribution >= 0.6 is 7.82 Å². The molecule has 0 spiro atoms. The average molecular weight is 314 g/mol. The number of carbonyl (C=O) groups excluding carboxylic acids is 3. The summed E-state index contributed by atoms with van der Waals surface area (Å²) in [5.41, 5.74) is -3.03. The van der Waals surface area contributed by atoms with Gasteiger partial charge in [0.25, 0.3) is 0 Å². The molecule has 0 heterocycles. The van der Waals surface area contributed by atoms with Crippen molar-refractivity contribution >= 4 is 31.7 Å². The van der Waals surface area contributed by atoms with Gasteiger partial charge in [0.2, 0.25) is 0 Å². The highest BCUT2D eigenvalue weighted by atomic mass is 31.2. The third kappa shape index (κ3) is 6.95. The Morgan fingerprint density at radius 3 is 1.90 bits per heavy atom. The van der Waals surface area contributed by atoms with Crippen LogP contribution in [0.15, 0.2) is 0 Å². The second-order valence-electron chi connectivity index (χ2n) is 3.61. The first-order valence-electron chi connectivity index (χ1n) is 4.81. The van der Waals surface area contributed by atoms with E-state index >= 15 is 0 Å². The molecule has 114 valence electrons. The zero-order valence-corrected chi connectivity index (χ0v) is 10.9. The highest BCUT2D eigenvalue weighted by Gasteiger charge is 2.43. The van der Waals surface area contributed by atoms with Gasteiger partial charge in [0.15, 0.2) is 5.60 Å². The monoisotopic (exact) mass is 314 g/mol. The van der Waals surface area contributed by atoms with Gasteiger partial charge in [0.1, 0.15) is 0 Å². The van der Waals surface area contributed by atoms with Crippen molar-refractivity contribution in [3.8, 4) is 0 Å². The Morgan fingerprint density at radius 1 is 1.10 bits per heavy atom. The summed E-state index contributed by atoms with van der Waals surface area (Å²) in [6.07, 6.45) is -2.72. The van der Waals surface area contributed by atoms with E-state index in [9.17, 15) is 28.8 Å². The molecule has 4 N–H and O–H groups in total. The van der Waals surface area contributed by atoms with Gasteiger partial charge in [-0.2, -0.15) is 0 Å². The van der Waals surface area contributed by atoms with Crippen molar-refractivity contribution in [2.24, 2.45) is 0 Å². The molecular formula is C8H11O11P. The highest BCUT2D eigenvalue weighted by molar-refractivity contribution is 7.46. The van der Waals surface area contributed by atoms with E-state index < -0.39 is 50.1 Å². The molecule has 0 aliphatic heterocycles. The van der Waals surface area contributed by atoms with E-state index in [-0.39, 0.29) is 0 Å². The van der Waals surface area contributed by atoms with Crippen LogP contribution in [0.3, 0.4) is 0 Å². The standard InChI is InChI=1S/C8H11O11P/c1-4(9)18-5(10)2-8(14,7(12)13)3-6(11)19-20(15,16)17/h14H,2-3H2,1H3,(H,12,13)(H2,15,16,17). The molecular weight excluding hydrogens is 303 g/mol. The van der Waals surface area contributed by atoms with Crippen LogP contribution in [-0.4, -0.2) is 49.5 Å². The Balaban J connectivity index is 4.90. The van der Waals surface area contributed by atoms with Crippen molar-refractivity contribution in [2.75, 3.05) is 0 Å². The Hall–Kier alpha value is -1.81. The molecule has 20 heavy (non-hydrogen) atoms. The number of aliphatic hydroxyl groups is 1. The lowest BCUT2D eigenvalue weighted by molar-refractivity contribution is -0.173. The second kappa shape index (κ2) is 6.57. The summed E-state index contributed by atoms with van der Waals surface area (Å²) in [4.78, 5) is 60.0. The molecule has 0 saturated carbocycles. The van der Waals surface area contributed by atoms with Crippen LogP contribution in [0.5, 0.6) is 0 Å². The third-order valence-electron chi connectivity index (χ3n) is 1.75. The van der Waals surface area contributed by atoms with Gasteiger partial charge in [-0.1, -0.05) is 0 Å². The Bertz CT molecular complexity index is 477. The van der Waals surface area contributed by atoms with Gasteiger partial charge < -0.3 is 19.5 Å². The van der Waals surface area contributed by atoms with Gasteiger partial charge in [-0.05, 0) is 0 Å². The first kappa shape index (κ1) is 18.2. The fourth-order valence-corrected chi connectivity index (χ4v) is 1.38. The van der Waals surface area contributed by atoms with Crippen LogP contribution in [0.4, 0.5) is 0 Å². The molecule has 0 aromatic rings. The maximum absolute atomic E-state index is 11.1. The molecule has 0 aromatic heterocycles. The maximum Gasteiger partial charge on any atom is 0.526 e. The summed E-state index contributed by atoms with van der Waals surface area (Å²) in [6, 6.07) is 0. The molecule has 0 aliphatic rings. The zero-order valence-electron chi connectivity index (χ0n) is 10.0. The normalized spacial score (nSPS) is 14.0. The van der Waals surface area contributed by atoms with Gasteiger partial charge in [-0.15, -0.1) is 0 Å². The maximum atomic E-state index is 11.1. The van der Waals surface area contributed by atoms with E-state index in [1.165, 1.54) is 0 Å². The molecule has 0 amide bonds. The Labute approximate surface area is 111 Å².